The molecule has 0 atom stereocenters. The largest absolute Gasteiger partial charge is 0.340 e. The number of hydrogen-bond acceptors (Lipinski definition) is 1. The Kier molecular flexibility index (Phi) is 2.32. The van der Waals surface area contributed by atoms with E-state index < -0.39 is 0 Å². The maximum Gasteiger partial charge on any atom is 0.0947 e. The molecule has 0 N–H and O–H groups in total. The molecule has 0 aliphatic heterocycles. The Balaban J connectivity index is 2.03. The highest BCUT2D eigenvalue weighted by Gasteiger charge is 2.38. The average molecular weight is 226 g/mol. The Morgan fingerprint density at radius 2 is 1.88 bits per heavy atom. The molecule has 3 rings (SSSR count). The van der Waals surface area contributed by atoms with Crippen LogP contribution in [0.1, 0.15) is 30.2 Å². The van der Waals surface area contributed by atoms with E-state index in [1.807, 2.05) is 13.4 Å². The number of benzene rings is 1. The number of aryl methyl sites for hydroxylation is 1. The van der Waals surface area contributed by atoms with Crippen LogP contribution in [0.5, 0.6) is 0 Å². The highest BCUT2D eigenvalue weighted by molar-refractivity contribution is 5.39. The fraction of sp³-hybridized carbons (Fsp3) is 0.400. The van der Waals surface area contributed by atoms with E-state index in [2.05, 4.69) is 46.9 Å². The van der Waals surface area contributed by atoms with E-state index in [4.69, 9.17) is 0 Å². The topological polar surface area (TPSA) is 17.8 Å². The number of fused-ring (bicyclic) bond motifs is 1. The average Bonchev–Trinajstić information content (AvgIpc) is 2.92. The summed E-state index contributed by atoms with van der Waals surface area (Å²) >= 11 is 0. The quantitative estimate of drug-likeness (QED) is 0.770. The van der Waals surface area contributed by atoms with Gasteiger partial charge in [-0.05, 0) is 30.4 Å². The molecule has 0 bridgehead atoms. The minimum Gasteiger partial charge on any atom is -0.340 e. The molecule has 1 aliphatic carbocycles. The van der Waals surface area contributed by atoms with Crippen LogP contribution in [0.15, 0.2) is 36.8 Å². The van der Waals surface area contributed by atoms with Crippen LogP contribution in [0.3, 0.4) is 0 Å². The third-order valence-corrected chi connectivity index (χ3v) is 4.10. The molecule has 0 unspecified atom stereocenters. The first-order valence-corrected chi connectivity index (χ1v) is 6.29. The van der Waals surface area contributed by atoms with Crippen molar-refractivity contribution in [3.63, 3.8) is 0 Å². The zero-order valence-electron chi connectivity index (χ0n) is 10.5. The van der Waals surface area contributed by atoms with Crippen molar-refractivity contribution in [2.24, 2.45) is 7.05 Å². The van der Waals surface area contributed by atoms with Gasteiger partial charge in [0, 0.05) is 18.7 Å². The van der Waals surface area contributed by atoms with E-state index in [0.717, 1.165) is 19.3 Å². The SMILES string of the molecule is CCC1(c2cn(C)cn2)Cc2ccccc2C1. The highest BCUT2D eigenvalue weighted by Crippen LogP contribution is 2.41. The monoisotopic (exact) mass is 226 g/mol. The number of hydrogen-bond donors (Lipinski definition) is 0. The molecule has 2 heteroatoms. The molecule has 2 nitrogen and oxygen atoms in total. The van der Waals surface area contributed by atoms with Gasteiger partial charge < -0.3 is 4.57 Å². The maximum atomic E-state index is 4.59. The first-order valence-electron chi connectivity index (χ1n) is 6.29. The van der Waals surface area contributed by atoms with Gasteiger partial charge in [0.25, 0.3) is 0 Å². The Hall–Kier alpha value is -1.57. The van der Waals surface area contributed by atoms with Crippen LogP contribution < -0.4 is 0 Å². The van der Waals surface area contributed by atoms with E-state index in [1.54, 1.807) is 0 Å². The summed E-state index contributed by atoms with van der Waals surface area (Å²) in [5.74, 6) is 0. The van der Waals surface area contributed by atoms with Crippen LogP contribution >= 0.6 is 0 Å². The van der Waals surface area contributed by atoms with Crippen molar-refractivity contribution in [1.82, 2.24) is 9.55 Å². The third-order valence-electron chi connectivity index (χ3n) is 4.10. The molecule has 1 aromatic heterocycles. The van der Waals surface area contributed by atoms with E-state index in [-0.39, 0.29) is 5.41 Å². The lowest BCUT2D eigenvalue weighted by Crippen LogP contribution is -2.26. The zero-order chi connectivity index (χ0) is 11.9. The van der Waals surface area contributed by atoms with Crippen LogP contribution in [0.25, 0.3) is 0 Å². The Bertz CT molecular complexity index is 514. The number of nitrogens with zero attached hydrogens (tertiary/aromatic N) is 2. The molecule has 17 heavy (non-hydrogen) atoms. The molecule has 1 heterocycles. The summed E-state index contributed by atoms with van der Waals surface area (Å²) < 4.78 is 2.05. The summed E-state index contributed by atoms with van der Waals surface area (Å²) in [5, 5.41) is 0. The van der Waals surface area contributed by atoms with E-state index in [0.29, 0.717) is 0 Å². The summed E-state index contributed by atoms with van der Waals surface area (Å²) in [6, 6.07) is 8.80. The van der Waals surface area contributed by atoms with Crippen molar-refractivity contribution >= 4 is 0 Å². The smallest absolute Gasteiger partial charge is 0.0947 e. The van der Waals surface area contributed by atoms with Gasteiger partial charge in [0.1, 0.15) is 0 Å². The van der Waals surface area contributed by atoms with Crippen LogP contribution in [0, 0.1) is 0 Å². The normalized spacial score (nSPS) is 17.1. The van der Waals surface area contributed by atoms with Gasteiger partial charge in [-0.25, -0.2) is 4.98 Å². The molecule has 2 aromatic rings. The summed E-state index contributed by atoms with van der Waals surface area (Å²) in [7, 11) is 2.04. The van der Waals surface area contributed by atoms with Crippen molar-refractivity contribution < 1.29 is 0 Å². The van der Waals surface area contributed by atoms with Crippen LogP contribution in [0.2, 0.25) is 0 Å². The third kappa shape index (κ3) is 1.59. The van der Waals surface area contributed by atoms with Gasteiger partial charge in [0.15, 0.2) is 0 Å². The van der Waals surface area contributed by atoms with Crippen LogP contribution in [0.4, 0.5) is 0 Å². The van der Waals surface area contributed by atoms with Gasteiger partial charge in [0.05, 0.1) is 12.0 Å². The number of aromatic nitrogens is 2. The zero-order valence-corrected chi connectivity index (χ0v) is 10.5. The van der Waals surface area contributed by atoms with E-state index in [9.17, 15) is 0 Å². The molecule has 0 radical (unpaired) electrons. The van der Waals surface area contributed by atoms with E-state index >= 15 is 0 Å². The molecular weight excluding hydrogens is 208 g/mol. The summed E-state index contributed by atoms with van der Waals surface area (Å²) in [4.78, 5) is 4.59. The fourth-order valence-electron chi connectivity index (χ4n) is 2.99. The lowest BCUT2D eigenvalue weighted by molar-refractivity contribution is 0.423. The highest BCUT2D eigenvalue weighted by atomic mass is 15.0. The Morgan fingerprint density at radius 1 is 1.24 bits per heavy atom. The van der Waals surface area contributed by atoms with Gasteiger partial charge in [-0.3, -0.25) is 0 Å². The van der Waals surface area contributed by atoms with Gasteiger partial charge in [0.2, 0.25) is 0 Å². The lowest BCUT2D eigenvalue weighted by atomic mass is 9.79. The standard InChI is InChI=1S/C15H18N2/c1-3-15(14-10-17(2)11-16-14)8-12-6-4-5-7-13(12)9-15/h4-7,10-11H,3,8-9H2,1-2H3. The Morgan fingerprint density at radius 3 is 2.35 bits per heavy atom. The van der Waals surface area contributed by atoms with Crippen molar-refractivity contribution in [2.45, 2.75) is 31.6 Å². The summed E-state index contributed by atoms with van der Waals surface area (Å²) in [6.07, 6.45) is 7.51. The molecule has 88 valence electrons. The molecule has 0 saturated carbocycles. The molecule has 1 aromatic carbocycles. The van der Waals surface area contributed by atoms with Crippen molar-refractivity contribution in [3.8, 4) is 0 Å². The van der Waals surface area contributed by atoms with Crippen LogP contribution in [-0.4, -0.2) is 9.55 Å². The van der Waals surface area contributed by atoms with Gasteiger partial charge in [-0.1, -0.05) is 31.2 Å². The molecule has 0 saturated heterocycles. The van der Waals surface area contributed by atoms with Gasteiger partial charge >= 0.3 is 0 Å². The Labute approximate surface area is 102 Å². The van der Waals surface area contributed by atoms with Crippen LogP contribution in [-0.2, 0) is 25.3 Å². The van der Waals surface area contributed by atoms with Crippen molar-refractivity contribution in [2.75, 3.05) is 0 Å². The first kappa shape index (κ1) is 10.6. The lowest BCUT2D eigenvalue weighted by Gasteiger charge is -2.25. The second kappa shape index (κ2) is 3.73. The molecule has 0 spiro atoms. The minimum atomic E-state index is 0.227. The first-order chi connectivity index (χ1) is 8.23. The summed E-state index contributed by atoms with van der Waals surface area (Å²) in [5.41, 5.74) is 4.48. The van der Waals surface area contributed by atoms with Crippen molar-refractivity contribution in [3.05, 3.63) is 53.6 Å². The predicted octanol–water partition coefficient (Wildman–Crippen LogP) is 2.87. The molecule has 1 aliphatic rings. The predicted molar refractivity (Wildman–Crippen MR) is 69.0 cm³/mol. The van der Waals surface area contributed by atoms with Crippen molar-refractivity contribution in [1.29, 1.82) is 0 Å². The fourth-order valence-corrected chi connectivity index (χ4v) is 2.99. The number of imidazole rings is 1. The second-order valence-electron chi connectivity index (χ2n) is 5.18. The summed E-state index contributed by atoms with van der Waals surface area (Å²) in [6.45, 7) is 2.28. The van der Waals surface area contributed by atoms with E-state index in [1.165, 1.54) is 16.8 Å². The van der Waals surface area contributed by atoms with Gasteiger partial charge in [-0.2, -0.15) is 0 Å². The molecule has 0 fully saturated rings. The maximum absolute atomic E-state index is 4.59. The number of rotatable bonds is 2. The minimum absolute atomic E-state index is 0.227. The van der Waals surface area contributed by atoms with Gasteiger partial charge in [-0.15, -0.1) is 0 Å². The second-order valence-corrected chi connectivity index (χ2v) is 5.18. The molecular formula is C15H18N2. The molecule has 0 amide bonds.